The van der Waals surface area contributed by atoms with Gasteiger partial charge in [-0.05, 0) is 44.4 Å². The summed E-state index contributed by atoms with van der Waals surface area (Å²) in [5.41, 5.74) is 1.66. The van der Waals surface area contributed by atoms with Crippen LogP contribution in [-0.2, 0) is 6.54 Å². The zero-order valence-electron chi connectivity index (χ0n) is 10.2. The maximum atomic E-state index is 11.7. The number of aromatic nitrogens is 2. The van der Waals surface area contributed by atoms with Gasteiger partial charge in [-0.15, -0.1) is 0 Å². The quantitative estimate of drug-likeness (QED) is 0.801. The lowest BCUT2D eigenvalue weighted by atomic mass is 10.1. The topological polar surface area (TPSA) is 34.9 Å². The molecule has 0 N–H and O–H groups in total. The molecule has 3 nitrogen and oxygen atoms in total. The Balaban J connectivity index is 2.71. The monoisotopic (exact) mass is 240 g/mol. The van der Waals surface area contributed by atoms with E-state index in [0.29, 0.717) is 5.92 Å². The molecule has 0 saturated carbocycles. The predicted molar refractivity (Wildman–Crippen MR) is 70.2 cm³/mol. The second-order valence-electron chi connectivity index (χ2n) is 4.38. The Kier molecular flexibility index (Phi) is 5.06. The minimum atomic E-state index is -0.129. The van der Waals surface area contributed by atoms with Gasteiger partial charge in [0.15, 0.2) is 0 Å². The Morgan fingerprint density at radius 1 is 1.44 bits per heavy atom. The van der Waals surface area contributed by atoms with Crippen molar-refractivity contribution in [1.29, 1.82) is 0 Å². The van der Waals surface area contributed by atoms with Gasteiger partial charge >= 0.3 is 5.69 Å². The normalized spacial score (nSPS) is 12.8. The van der Waals surface area contributed by atoms with E-state index < -0.39 is 0 Å². The van der Waals surface area contributed by atoms with Gasteiger partial charge < -0.3 is 0 Å². The molecule has 0 fully saturated rings. The highest BCUT2D eigenvalue weighted by molar-refractivity contribution is 7.80. The van der Waals surface area contributed by atoms with Gasteiger partial charge in [0.05, 0.1) is 0 Å². The number of nitrogens with zero attached hydrogens (tertiary/aromatic N) is 2. The Morgan fingerprint density at radius 2 is 2.12 bits per heavy atom. The molecule has 0 spiro atoms. The van der Waals surface area contributed by atoms with Crippen LogP contribution in [0.1, 0.15) is 31.2 Å². The van der Waals surface area contributed by atoms with Crippen molar-refractivity contribution in [3.05, 3.63) is 27.9 Å². The lowest BCUT2D eigenvalue weighted by Gasteiger charge is -2.13. The number of thiol groups is 1. The van der Waals surface area contributed by atoms with Gasteiger partial charge in [0.1, 0.15) is 0 Å². The standard InChI is InChI=1S/C12H20N2OS/c1-9(5-7-16)4-6-14-11(3)8-10(2)13-12(14)15/h8-9,16H,4-7H2,1-3H3. The fourth-order valence-corrected chi connectivity index (χ4v) is 2.20. The van der Waals surface area contributed by atoms with Crippen LogP contribution in [0.15, 0.2) is 10.9 Å². The Morgan fingerprint density at radius 3 is 2.69 bits per heavy atom. The van der Waals surface area contributed by atoms with Crippen LogP contribution in [-0.4, -0.2) is 15.3 Å². The van der Waals surface area contributed by atoms with Gasteiger partial charge in [-0.2, -0.15) is 17.6 Å². The molecule has 0 bridgehead atoms. The molecular weight excluding hydrogens is 220 g/mol. The second kappa shape index (κ2) is 6.09. The van der Waals surface area contributed by atoms with Crippen LogP contribution in [0.25, 0.3) is 0 Å². The van der Waals surface area contributed by atoms with E-state index in [4.69, 9.17) is 0 Å². The zero-order valence-corrected chi connectivity index (χ0v) is 11.1. The Bertz CT molecular complexity index is 400. The summed E-state index contributed by atoms with van der Waals surface area (Å²) in [4.78, 5) is 15.6. The fraction of sp³-hybridized carbons (Fsp3) is 0.667. The van der Waals surface area contributed by atoms with Crippen LogP contribution < -0.4 is 5.69 Å². The third-order valence-corrected chi connectivity index (χ3v) is 3.07. The maximum Gasteiger partial charge on any atom is 0.347 e. The summed E-state index contributed by atoms with van der Waals surface area (Å²) in [7, 11) is 0. The summed E-state index contributed by atoms with van der Waals surface area (Å²) < 4.78 is 1.75. The van der Waals surface area contributed by atoms with Crippen molar-refractivity contribution in [2.75, 3.05) is 5.75 Å². The van der Waals surface area contributed by atoms with Crippen molar-refractivity contribution in [3.63, 3.8) is 0 Å². The van der Waals surface area contributed by atoms with Crippen LogP contribution in [0.2, 0.25) is 0 Å². The van der Waals surface area contributed by atoms with E-state index in [1.807, 2.05) is 19.9 Å². The van der Waals surface area contributed by atoms with Gasteiger partial charge in [-0.3, -0.25) is 4.57 Å². The average Bonchev–Trinajstić information content (AvgIpc) is 2.16. The van der Waals surface area contributed by atoms with Gasteiger partial charge in [-0.25, -0.2) is 4.79 Å². The van der Waals surface area contributed by atoms with Crippen molar-refractivity contribution in [3.8, 4) is 0 Å². The summed E-state index contributed by atoms with van der Waals surface area (Å²) >= 11 is 4.21. The molecule has 0 aromatic carbocycles. The van der Waals surface area contributed by atoms with E-state index in [-0.39, 0.29) is 5.69 Å². The average molecular weight is 240 g/mol. The summed E-state index contributed by atoms with van der Waals surface area (Å²) in [5, 5.41) is 0. The third-order valence-electron chi connectivity index (χ3n) is 2.81. The molecule has 16 heavy (non-hydrogen) atoms. The second-order valence-corrected chi connectivity index (χ2v) is 4.83. The van der Waals surface area contributed by atoms with Crippen LogP contribution in [0.3, 0.4) is 0 Å². The lowest BCUT2D eigenvalue weighted by Crippen LogP contribution is -2.26. The van der Waals surface area contributed by atoms with Crippen molar-refractivity contribution in [2.45, 2.75) is 40.2 Å². The minimum Gasteiger partial charge on any atom is -0.297 e. The summed E-state index contributed by atoms with van der Waals surface area (Å²) in [5.74, 6) is 1.51. The fourth-order valence-electron chi connectivity index (χ4n) is 1.76. The minimum absolute atomic E-state index is 0.129. The van der Waals surface area contributed by atoms with E-state index in [2.05, 4.69) is 24.5 Å². The van der Waals surface area contributed by atoms with Gasteiger partial charge in [0, 0.05) is 17.9 Å². The highest BCUT2D eigenvalue weighted by atomic mass is 32.1. The van der Waals surface area contributed by atoms with Crippen molar-refractivity contribution < 1.29 is 0 Å². The molecule has 1 heterocycles. The Hall–Kier alpha value is -0.770. The van der Waals surface area contributed by atoms with Crippen molar-refractivity contribution >= 4 is 12.6 Å². The van der Waals surface area contributed by atoms with E-state index >= 15 is 0 Å². The summed E-state index contributed by atoms with van der Waals surface area (Å²) in [6, 6.07) is 1.95. The zero-order chi connectivity index (χ0) is 12.1. The Labute approximate surface area is 102 Å². The molecule has 0 radical (unpaired) electrons. The van der Waals surface area contributed by atoms with Crippen LogP contribution >= 0.6 is 12.6 Å². The van der Waals surface area contributed by atoms with Crippen LogP contribution in [0.4, 0.5) is 0 Å². The third kappa shape index (κ3) is 3.67. The van der Waals surface area contributed by atoms with Crippen LogP contribution in [0, 0.1) is 19.8 Å². The largest absolute Gasteiger partial charge is 0.347 e. The number of rotatable bonds is 5. The van der Waals surface area contributed by atoms with Gasteiger partial charge in [-0.1, -0.05) is 6.92 Å². The molecule has 90 valence electrons. The first-order chi connectivity index (χ1) is 7.54. The van der Waals surface area contributed by atoms with E-state index in [9.17, 15) is 4.79 Å². The first kappa shape index (κ1) is 13.3. The molecule has 0 saturated heterocycles. The molecular formula is C12H20N2OS. The first-order valence-corrected chi connectivity index (χ1v) is 6.33. The highest BCUT2D eigenvalue weighted by Gasteiger charge is 2.05. The van der Waals surface area contributed by atoms with Crippen molar-refractivity contribution in [2.24, 2.45) is 5.92 Å². The van der Waals surface area contributed by atoms with Gasteiger partial charge in [0.25, 0.3) is 0 Å². The smallest absolute Gasteiger partial charge is 0.297 e. The maximum absolute atomic E-state index is 11.7. The molecule has 1 aromatic rings. The first-order valence-electron chi connectivity index (χ1n) is 5.70. The molecule has 0 aliphatic rings. The molecule has 1 atom stereocenters. The number of hydrogen-bond donors (Lipinski definition) is 1. The SMILES string of the molecule is Cc1cc(C)n(CCC(C)CCS)c(=O)n1. The van der Waals surface area contributed by atoms with E-state index in [0.717, 1.165) is 36.5 Å². The molecule has 0 amide bonds. The lowest BCUT2D eigenvalue weighted by molar-refractivity contribution is 0.457. The van der Waals surface area contributed by atoms with E-state index in [1.165, 1.54) is 0 Å². The molecule has 4 heteroatoms. The van der Waals surface area contributed by atoms with Crippen LogP contribution in [0.5, 0.6) is 0 Å². The molecule has 1 aromatic heterocycles. The van der Waals surface area contributed by atoms with E-state index in [1.54, 1.807) is 4.57 Å². The van der Waals surface area contributed by atoms with Crippen molar-refractivity contribution in [1.82, 2.24) is 9.55 Å². The summed E-state index contributed by atoms with van der Waals surface area (Å²) in [6.45, 7) is 6.76. The molecule has 1 rings (SSSR count). The number of aryl methyl sites for hydroxylation is 2. The summed E-state index contributed by atoms with van der Waals surface area (Å²) in [6.07, 6.45) is 2.10. The molecule has 0 aliphatic carbocycles. The van der Waals surface area contributed by atoms with Gasteiger partial charge in [0.2, 0.25) is 0 Å². The number of hydrogen-bond acceptors (Lipinski definition) is 3. The highest BCUT2D eigenvalue weighted by Crippen LogP contribution is 2.10. The molecule has 1 unspecified atom stereocenters. The molecule has 0 aliphatic heterocycles. The predicted octanol–water partition coefficient (Wildman–Crippen LogP) is 2.21.